The van der Waals surface area contributed by atoms with Crippen LogP contribution in [0.15, 0.2) is 41.3 Å². The quantitative estimate of drug-likeness (QED) is 0.530. The molecule has 144 valence electrons. The molecule has 1 aliphatic heterocycles. The van der Waals surface area contributed by atoms with Crippen LogP contribution in [0.25, 0.3) is 6.08 Å². The molecule has 1 saturated heterocycles. The fraction of sp³-hybridized carbons (Fsp3) is 0.0556. The number of nitrogens with zero attached hydrogens (tertiary/aromatic N) is 1. The number of hydrazine groups is 1. The highest BCUT2D eigenvalue weighted by Crippen LogP contribution is 2.37. The molecule has 0 unspecified atom stereocenters. The number of phenols is 1. The first-order chi connectivity index (χ1) is 13.3. The first-order valence-corrected chi connectivity index (χ1v) is 9.69. The lowest BCUT2D eigenvalue weighted by molar-refractivity contribution is -0.123. The van der Waals surface area contributed by atoms with Crippen molar-refractivity contribution in [1.82, 2.24) is 10.4 Å². The second kappa shape index (κ2) is 8.40. The van der Waals surface area contributed by atoms with Crippen LogP contribution in [0.3, 0.4) is 0 Å². The van der Waals surface area contributed by atoms with E-state index in [0.29, 0.717) is 16.1 Å². The Kier molecular flexibility index (Phi) is 6.14. The largest absolute Gasteiger partial charge is 0.503 e. The zero-order valence-electron chi connectivity index (χ0n) is 14.2. The summed E-state index contributed by atoms with van der Waals surface area (Å²) in [4.78, 5) is 25.3. The van der Waals surface area contributed by atoms with Gasteiger partial charge in [0.25, 0.3) is 11.8 Å². The van der Waals surface area contributed by atoms with E-state index in [4.69, 9.17) is 40.2 Å². The van der Waals surface area contributed by atoms with E-state index in [1.165, 1.54) is 31.4 Å². The summed E-state index contributed by atoms with van der Waals surface area (Å²) in [6, 6.07) is 9.23. The van der Waals surface area contributed by atoms with Crippen LogP contribution < -0.4 is 10.2 Å². The molecule has 0 saturated carbocycles. The van der Waals surface area contributed by atoms with Crippen molar-refractivity contribution in [2.45, 2.75) is 0 Å². The number of thiocarbonyl (C=S) groups is 1. The second-order valence-electron chi connectivity index (χ2n) is 5.52. The van der Waals surface area contributed by atoms with Gasteiger partial charge in [0, 0.05) is 10.6 Å². The molecule has 0 radical (unpaired) electrons. The Labute approximate surface area is 180 Å². The Bertz CT molecular complexity index is 1010. The minimum Gasteiger partial charge on any atom is -0.503 e. The topological polar surface area (TPSA) is 78.9 Å². The average Bonchev–Trinajstić information content (AvgIpc) is 2.92. The van der Waals surface area contributed by atoms with E-state index in [0.717, 1.165) is 16.8 Å². The molecule has 28 heavy (non-hydrogen) atoms. The van der Waals surface area contributed by atoms with E-state index in [9.17, 15) is 14.7 Å². The van der Waals surface area contributed by atoms with Crippen LogP contribution in [-0.4, -0.2) is 33.4 Å². The van der Waals surface area contributed by atoms with Gasteiger partial charge in [-0.25, -0.2) is 0 Å². The fourth-order valence-electron chi connectivity index (χ4n) is 2.32. The number of aromatic hydroxyl groups is 1. The molecule has 10 heteroatoms. The van der Waals surface area contributed by atoms with E-state index < -0.39 is 11.8 Å². The molecule has 0 aliphatic carbocycles. The highest BCUT2D eigenvalue weighted by molar-refractivity contribution is 8.26. The maximum Gasteiger partial charge on any atom is 0.285 e. The molecule has 1 aliphatic rings. The molecular formula is C18H12Cl2N2O4S2. The molecule has 0 spiro atoms. The summed E-state index contributed by atoms with van der Waals surface area (Å²) in [5.41, 5.74) is 3.34. The standard InChI is InChI=1S/C18H12Cl2N2O4S2/c1-26-13-7-9(6-12(20)15(13)23)8-14-17(25)22(18(27)28-14)21-16(24)10-2-4-11(19)5-3-10/h2-8,23H,1H3,(H,21,24)/b14-8-. The van der Waals surface area contributed by atoms with Gasteiger partial charge in [0.2, 0.25) is 0 Å². The first-order valence-electron chi connectivity index (χ1n) is 7.71. The van der Waals surface area contributed by atoms with Crippen LogP contribution in [0.2, 0.25) is 10.0 Å². The smallest absolute Gasteiger partial charge is 0.285 e. The lowest BCUT2D eigenvalue weighted by Crippen LogP contribution is -2.44. The number of thioether (sulfide) groups is 1. The first kappa shape index (κ1) is 20.5. The van der Waals surface area contributed by atoms with Gasteiger partial charge < -0.3 is 9.84 Å². The third-order valence-corrected chi connectivity index (χ3v) is 5.52. The molecule has 2 aromatic rings. The van der Waals surface area contributed by atoms with E-state index in [2.05, 4.69) is 5.43 Å². The van der Waals surface area contributed by atoms with Crippen molar-refractivity contribution in [2.24, 2.45) is 0 Å². The monoisotopic (exact) mass is 454 g/mol. The average molecular weight is 455 g/mol. The van der Waals surface area contributed by atoms with Gasteiger partial charge in [0.1, 0.15) is 0 Å². The number of carbonyl (C=O) groups is 2. The van der Waals surface area contributed by atoms with Crippen LogP contribution in [0.5, 0.6) is 11.5 Å². The van der Waals surface area contributed by atoms with Crippen LogP contribution in [0.1, 0.15) is 15.9 Å². The van der Waals surface area contributed by atoms with Crippen LogP contribution in [-0.2, 0) is 4.79 Å². The van der Waals surface area contributed by atoms with Gasteiger partial charge in [0.15, 0.2) is 15.8 Å². The molecule has 6 nitrogen and oxygen atoms in total. The van der Waals surface area contributed by atoms with Gasteiger partial charge in [-0.1, -0.05) is 35.0 Å². The van der Waals surface area contributed by atoms with Crippen LogP contribution >= 0.6 is 47.2 Å². The molecule has 0 atom stereocenters. The molecule has 0 bridgehead atoms. The fourth-order valence-corrected chi connectivity index (χ4v) is 3.84. The van der Waals surface area contributed by atoms with Crippen molar-refractivity contribution in [3.05, 3.63) is 62.5 Å². The van der Waals surface area contributed by atoms with Gasteiger partial charge in [-0.05, 0) is 60.3 Å². The number of halogens is 2. The number of nitrogens with one attached hydrogen (secondary N) is 1. The lowest BCUT2D eigenvalue weighted by Gasteiger charge is -2.15. The number of methoxy groups -OCH3 is 1. The number of hydrogen-bond acceptors (Lipinski definition) is 6. The van der Waals surface area contributed by atoms with E-state index >= 15 is 0 Å². The van der Waals surface area contributed by atoms with Crippen molar-refractivity contribution < 1.29 is 19.4 Å². The summed E-state index contributed by atoms with van der Waals surface area (Å²) in [6.07, 6.45) is 1.54. The Morgan fingerprint density at radius 3 is 2.61 bits per heavy atom. The molecule has 2 amide bonds. The number of phenolic OH excluding ortho intramolecular Hbond substituents is 1. The zero-order valence-corrected chi connectivity index (χ0v) is 17.4. The SMILES string of the molecule is COc1cc(/C=C2\SC(=S)N(NC(=O)c3ccc(Cl)cc3)C2=O)cc(Cl)c1O. The summed E-state index contributed by atoms with van der Waals surface area (Å²) in [7, 11) is 1.39. The van der Waals surface area contributed by atoms with Gasteiger partial charge in [-0.2, -0.15) is 5.01 Å². The predicted molar refractivity (Wildman–Crippen MR) is 114 cm³/mol. The highest BCUT2D eigenvalue weighted by atomic mass is 35.5. The van der Waals surface area contributed by atoms with Crippen molar-refractivity contribution in [1.29, 1.82) is 0 Å². The summed E-state index contributed by atoms with van der Waals surface area (Å²) in [5, 5.41) is 11.4. The molecule has 1 heterocycles. The van der Waals surface area contributed by atoms with E-state index in [-0.39, 0.29) is 25.7 Å². The Hall–Kier alpha value is -2.26. The molecular weight excluding hydrogens is 443 g/mol. The minimum absolute atomic E-state index is 0.0807. The summed E-state index contributed by atoms with van der Waals surface area (Å²) >= 11 is 18.0. The van der Waals surface area contributed by atoms with Gasteiger partial charge >= 0.3 is 0 Å². The van der Waals surface area contributed by atoms with Crippen molar-refractivity contribution >= 4 is 69.4 Å². The third-order valence-electron chi connectivity index (χ3n) is 3.68. The Balaban J connectivity index is 1.81. The number of rotatable bonds is 4. The zero-order chi connectivity index (χ0) is 20.4. The minimum atomic E-state index is -0.497. The van der Waals surface area contributed by atoms with Crippen molar-refractivity contribution in [3.63, 3.8) is 0 Å². The summed E-state index contributed by atoms with van der Waals surface area (Å²) in [5.74, 6) is -1.00. The maximum absolute atomic E-state index is 12.6. The summed E-state index contributed by atoms with van der Waals surface area (Å²) in [6.45, 7) is 0. The van der Waals surface area contributed by atoms with Gasteiger partial charge in [-0.3, -0.25) is 15.0 Å². The number of amides is 2. The van der Waals surface area contributed by atoms with Crippen LogP contribution in [0.4, 0.5) is 0 Å². The Morgan fingerprint density at radius 2 is 1.96 bits per heavy atom. The number of hydrogen-bond donors (Lipinski definition) is 2. The molecule has 1 fully saturated rings. The van der Waals surface area contributed by atoms with Crippen LogP contribution in [0, 0.1) is 0 Å². The number of ether oxygens (including phenoxy) is 1. The van der Waals surface area contributed by atoms with Gasteiger partial charge in [-0.15, -0.1) is 0 Å². The van der Waals surface area contributed by atoms with Crippen molar-refractivity contribution in [3.8, 4) is 11.5 Å². The second-order valence-corrected chi connectivity index (χ2v) is 8.04. The molecule has 0 aromatic heterocycles. The highest BCUT2D eigenvalue weighted by Gasteiger charge is 2.33. The number of carbonyl (C=O) groups excluding carboxylic acids is 2. The lowest BCUT2D eigenvalue weighted by atomic mass is 10.2. The molecule has 2 aromatic carbocycles. The van der Waals surface area contributed by atoms with Crippen molar-refractivity contribution in [2.75, 3.05) is 7.11 Å². The van der Waals surface area contributed by atoms with E-state index in [1.54, 1.807) is 18.2 Å². The Morgan fingerprint density at radius 1 is 1.29 bits per heavy atom. The van der Waals surface area contributed by atoms with E-state index in [1.807, 2.05) is 0 Å². The normalized spacial score (nSPS) is 15.2. The summed E-state index contributed by atoms with van der Waals surface area (Å²) < 4.78 is 5.23. The number of benzene rings is 2. The molecule has 3 rings (SSSR count). The predicted octanol–water partition coefficient (Wildman–Crippen LogP) is 4.25. The van der Waals surface area contributed by atoms with Gasteiger partial charge in [0.05, 0.1) is 17.0 Å². The third kappa shape index (κ3) is 4.25. The maximum atomic E-state index is 12.6. The molecule has 2 N–H and O–H groups in total.